The molecule has 3 rings (SSSR count). The van der Waals surface area contributed by atoms with E-state index in [4.69, 9.17) is 9.84 Å². The number of carbonyl (C=O) groups is 2. The van der Waals surface area contributed by atoms with Crippen molar-refractivity contribution in [1.29, 1.82) is 0 Å². The Morgan fingerprint density at radius 3 is 2.62 bits per heavy atom. The molecule has 0 unspecified atom stereocenters. The van der Waals surface area contributed by atoms with Crippen LogP contribution in [-0.2, 0) is 9.59 Å². The lowest BCUT2D eigenvalue weighted by Gasteiger charge is -2.25. The van der Waals surface area contributed by atoms with Gasteiger partial charge in [0, 0.05) is 23.2 Å². The van der Waals surface area contributed by atoms with Gasteiger partial charge < -0.3 is 19.8 Å². The highest BCUT2D eigenvalue weighted by Crippen LogP contribution is 2.40. The lowest BCUT2D eigenvalue weighted by Crippen LogP contribution is -2.31. The van der Waals surface area contributed by atoms with Crippen LogP contribution < -0.4 is 4.74 Å². The van der Waals surface area contributed by atoms with E-state index < -0.39 is 29.3 Å². The molecule has 1 amide bonds. The minimum atomic E-state index is -0.860. The zero-order valence-corrected chi connectivity index (χ0v) is 17.1. The van der Waals surface area contributed by atoms with Crippen LogP contribution in [0.5, 0.6) is 5.75 Å². The van der Waals surface area contributed by atoms with Crippen LogP contribution in [0.4, 0.5) is 4.39 Å². The highest BCUT2D eigenvalue weighted by atomic mass is 79.9. The molecule has 0 aromatic heterocycles. The quantitative estimate of drug-likeness (QED) is 0.389. The Labute approximate surface area is 175 Å². The SMILES string of the molecule is COc1ccc(C(O)=C2C(=O)C(=O)N(CCCO)[C@H]2c2cccc(Br)c2)cc1F. The van der Waals surface area contributed by atoms with Crippen molar-refractivity contribution in [3.63, 3.8) is 0 Å². The molecule has 1 heterocycles. The van der Waals surface area contributed by atoms with Crippen molar-refractivity contribution >= 4 is 33.4 Å². The van der Waals surface area contributed by atoms with Crippen molar-refractivity contribution in [1.82, 2.24) is 4.90 Å². The average Bonchev–Trinajstić information content (AvgIpc) is 2.96. The summed E-state index contributed by atoms with van der Waals surface area (Å²) in [5, 5.41) is 20.0. The summed E-state index contributed by atoms with van der Waals surface area (Å²) in [6.07, 6.45) is 0.273. The van der Waals surface area contributed by atoms with Crippen LogP contribution in [0, 0.1) is 5.82 Å². The number of benzene rings is 2. The summed E-state index contributed by atoms with van der Waals surface area (Å²) in [4.78, 5) is 26.7. The van der Waals surface area contributed by atoms with Gasteiger partial charge in [0.2, 0.25) is 0 Å². The van der Waals surface area contributed by atoms with E-state index in [9.17, 15) is 19.1 Å². The van der Waals surface area contributed by atoms with E-state index in [0.717, 1.165) is 10.5 Å². The zero-order chi connectivity index (χ0) is 21.1. The first kappa shape index (κ1) is 21.0. The van der Waals surface area contributed by atoms with Crippen molar-refractivity contribution in [2.75, 3.05) is 20.3 Å². The number of halogens is 2. The van der Waals surface area contributed by atoms with E-state index in [0.29, 0.717) is 5.56 Å². The smallest absolute Gasteiger partial charge is 0.295 e. The number of nitrogens with zero attached hydrogens (tertiary/aromatic N) is 1. The molecule has 152 valence electrons. The average molecular weight is 464 g/mol. The second-order valence-electron chi connectivity index (χ2n) is 6.47. The van der Waals surface area contributed by atoms with Crippen molar-refractivity contribution < 1.29 is 28.9 Å². The number of Topliss-reactive ketones (excluding diaryl/α,β-unsaturated/α-hetero) is 1. The van der Waals surface area contributed by atoms with Gasteiger partial charge in [0.05, 0.1) is 18.7 Å². The zero-order valence-electron chi connectivity index (χ0n) is 15.6. The molecule has 1 aliphatic rings. The number of likely N-dealkylation sites (tertiary alicyclic amines) is 1. The van der Waals surface area contributed by atoms with Gasteiger partial charge in [0.15, 0.2) is 11.6 Å². The van der Waals surface area contributed by atoms with E-state index in [2.05, 4.69) is 15.9 Å². The summed E-state index contributed by atoms with van der Waals surface area (Å²) >= 11 is 3.37. The summed E-state index contributed by atoms with van der Waals surface area (Å²) in [5.41, 5.74) is 0.533. The summed E-state index contributed by atoms with van der Waals surface area (Å²) < 4.78 is 19.7. The Bertz CT molecular complexity index is 991. The standard InChI is InChI=1S/C21H19BrFNO5/c1-29-16-7-6-13(11-15(16)23)19(26)17-18(12-4-2-5-14(22)10-12)24(8-3-9-25)21(28)20(17)27/h2,4-7,10-11,18,25-26H,3,8-9H2,1H3/t18-/m0/s1. The molecule has 0 spiro atoms. The lowest BCUT2D eigenvalue weighted by atomic mass is 9.95. The van der Waals surface area contributed by atoms with Gasteiger partial charge in [-0.3, -0.25) is 9.59 Å². The number of aliphatic hydroxyl groups excluding tert-OH is 2. The molecule has 0 aliphatic carbocycles. The fourth-order valence-corrected chi connectivity index (χ4v) is 3.76. The predicted octanol–water partition coefficient (Wildman–Crippen LogP) is 3.40. The molecule has 2 aromatic carbocycles. The number of methoxy groups -OCH3 is 1. The van der Waals surface area contributed by atoms with E-state index in [1.807, 2.05) is 0 Å². The monoisotopic (exact) mass is 463 g/mol. The summed E-state index contributed by atoms with van der Waals surface area (Å²) in [5.74, 6) is -2.82. The first-order valence-electron chi connectivity index (χ1n) is 8.87. The van der Waals surface area contributed by atoms with E-state index in [-0.39, 0.29) is 36.5 Å². The third kappa shape index (κ3) is 4.04. The molecule has 1 saturated heterocycles. The van der Waals surface area contributed by atoms with Gasteiger partial charge in [-0.25, -0.2) is 4.39 Å². The summed E-state index contributed by atoms with van der Waals surface area (Å²) in [6, 6.07) is 9.95. The Balaban J connectivity index is 2.17. The van der Waals surface area contributed by atoms with Crippen molar-refractivity contribution in [3.05, 3.63) is 69.5 Å². The predicted molar refractivity (Wildman–Crippen MR) is 108 cm³/mol. The van der Waals surface area contributed by atoms with Gasteiger partial charge in [-0.15, -0.1) is 0 Å². The van der Waals surface area contributed by atoms with Gasteiger partial charge in [0.1, 0.15) is 5.76 Å². The van der Waals surface area contributed by atoms with Crippen LogP contribution in [0.2, 0.25) is 0 Å². The minimum Gasteiger partial charge on any atom is -0.507 e. The van der Waals surface area contributed by atoms with Gasteiger partial charge in [0.25, 0.3) is 11.7 Å². The molecule has 6 nitrogen and oxygen atoms in total. The summed E-state index contributed by atoms with van der Waals surface area (Å²) in [7, 11) is 1.32. The number of hydrogen-bond acceptors (Lipinski definition) is 5. The number of ether oxygens (including phenoxy) is 1. The van der Waals surface area contributed by atoms with Crippen LogP contribution in [0.3, 0.4) is 0 Å². The fourth-order valence-electron chi connectivity index (χ4n) is 3.34. The van der Waals surface area contributed by atoms with Gasteiger partial charge >= 0.3 is 0 Å². The number of rotatable bonds is 6. The van der Waals surface area contributed by atoms with Crippen molar-refractivity contribution in [3.8, 4) is 5.75 Å². The normalized spacial score (nSPS) is 18.3. The molecule has 1 atom stereocenters. The molecule has 0 radical (unpaired) electrons. The van der Waals surface area contributed by atoms with Crippen LogP contribution in [-0.4, -0.2) is 47.1 Å². The van der Waals surface area contributed by atoms with Crippen LogP contribution in [0.15, 0.2) is 52.5 Å². The maximum absolute atomic E-state index is 14.1. The second kappa shape index (κ2) is 8.75. The minimum absolute atomic E-state index is 0.00603. The van der Waals surface area contributed by atoms with E-state index in [1.54, 1.807) is 24.3 Å². The molecule has 1 fully saturated rings. The maximum atomic E-state index is 14.1. The maximum Gasteiger partial charge on any atom is 0.295 e. The molecule has 0 saturated carbocycles. The van der Waals surface area contributed by atoms with Crippen molar-refractivity contribution in [2.24, 2.45) is 0 Å². The number of aliphatic hydroxyl groups is 2. The van der Waals surface area contributed by atoms with Crippen molar-refractivity contribution in [2.45, 2.75) is 12.5 Å². The molecule has 1 aliphatic heterocycles. The van der Waals surface area contributed by atoms with E-state index >= 15 is 0 Å². The Hall–Kier alpha value is -2.71. The number of amides is 1. The van der Waals surface area contributed by atoms with Crippen LogP contribution in [0.25, 0.3) is 5.76 Å². The molecule has 0 bridgehead atoms. The first-order chi connectivity index (χ1) is 13.9. The molecular weight excluding hydrogens is 445 g/mol. The number of hydrogen-bond donors (Lipinski definition) is 2. The Morgan fingerprint density at radius 2 is 2.00 bits per heavy atom. The van der Waals surface area contributed by atoms with Crippen LogP contribution >= 0.6 is 15.9 Å². The molecule has 2 aromatic rings. The Kier molecular flexibility index (Phi) is 6.34. The molecule has 8 heteroatoms. The van der Waals surface area contributed by atoms with Gasteiger partial charge in [-0.05, 0) is 42.3 Å². The Morgan fingerprint density at radius 1 is 1.24 bits per heavy atom. The third-order valence-corrected chi connectivity index (χ3v) is 5.18. The van der Waals surface area contributed by atoms with Gasteiger partial charge in [-0.1, -0.05) is 28.1 Å². The highest BCUT2D eigenvalue weighted by Gasteiger charge is 2.45. The fraction of sp³-hybridized carbons (Fsp3) is 0.238. The topological polar surface area (TPSA) is 87.1 Å². The first-order valence-corrected chi connectivity index (χ1v) is 9.67. The summed E-state index contributed by atoms with van der Waals surface area (Å²) in [6.45, 7) is -0.0239. The number of carbonyl (C=O) groups excluding carboxylic acids is 2. The third-order valence-electron chi connectivity index (χ3n) is 4.69. The van der Waals surface area contributed by atoms with Crippen LogP contribution in [0.1, 0.15) is 23.6 Å². The number of ketones is 1. The second-order valence-corrected chi connectivity index (χ2v) is 7.39. The highest BCUT2D eigenvalue weighted by molar-refractivity contribution is 9.10. The molecule has 2 N–H and O–H groups in total. The van der Waals surface area contributed by atoms with Gasteiger partial charge in [-0.2, -0.15) is 0 Å². The lowest BCUT2D eigenvalue weighted by molar-refractivity contribution is -0.140. The van der Waals surface area contributed by atoms with E-state index in [1.165, 1.54) is 24.1 Å². The largest absolute Gasteiger partial charge is 0.507 e. The molecular formula is C21H19BrFNO5. The molecule has 29 heavy (non-hydrogen) atoms.